The average Bonchev–Trinajstić information content (AvgIpc) is 3.42. The molecule has 1 saturated carbocycles. The number of pyridine rings is 2. The molecule has 1 amide bonds. The van der Waals surface area contributed by atoms with Crippen molar-refractivity contribution in [2.45, 2.75) is 18.8 Å². The Morgan fingerprint density at radius 3 is 2.82 bits per heavy atom. The van der Waals surface area contributed by atoms with Crippen molar-refractivity contribution >= 4 is 22.8 Å². The summed E-state index contributed by atoms with van der Waals surface area (Å²) in [5.41, 5.74) is 3.36. The molecule has 0 aliphatic heterocycles. The second kappa shape index (κ2) is 7.63. The molecule has 2 N–H and O–H groups in total. The number of aromatic amines is 1. The van der Waals surface area contributed by atoms with Crippen molar-refractivity contribution in [2.24, 2.45) is 0 Å². The Morgan fingerprint density at radius 2 is 2.03 bits per heavy atom. The zero-order valence-corrected chi connectivity index (χ0v) is 17.2. The SMILES string of the molecule is O=C(Nc1cc(-c2cccnc2)[nH]n1)c1cc(-c2ccccc2F)nc2onc(C3CC3)c12. The molecule has 9 heteroatoms. The molecule has 162 valence electrons. The number of carbonyl (C=O) groups is 1. The number of anilines is 1. The number of halogens is 1. The quantitative estimate of drug-likeness (QED) is 0.400. The number of fused-ring (bicyclic) bond motifs is 1. The van der Waals surface area contributed by atoms with E-state index in [9.17, 15) is 9.18 Å². The van der Waals surface area contributed by atoms with Gasteiger partial charge in [0.25, 0.3) is 11.6 Å². The Kier molecular flexibility index (Phi) is 4.46. The highest BCUT2D eigenvalue weighted by Gasteiger charge is 2.32. The average molecular weight is 440 g/mol. The van der Waals surface area contributed by atoms with Gasteiger partial charge >= 0.3 is 0 Å². The van der Waals surface area contributed by atoms with Crippen LogP contribution >= 0.6 is 0 Å². The molecular formula is C24H17FN6O2. The lowest BCUT2D eigenvalue weighted by molar-refractivity contribution is 0.102. The van der Waals surface area contributed by atoms with Gasteiger partial charge in [0.15, 0.2) is 5.82 Å². The summed E-state index contributed by atoms with van der Waals surface area (Å²) in [5, 5.41) is 14.6. The van der Waals surface area contributed by atoms with Crippen LogP contribution in [-0.4, -0.2) is 31.2 Å². The van der Waals surface area contributed by atoms with Crippen LogP contribution < -0.4 is 5.32 Å². The van der Waals surface area contributed by atoms with Crippen molar-refractivity contribution in [1.29, 1.82) is 0 Å². The molecule has 4 aromatic heterocycles. The van der Waals surface area contributed by atoms with Crippen LogP contribution in [0.4, 0.5) is 10.2 Å². The number of nitrogens with zero attached hydrogens (tertiary/aromatic N) is 4. The number of benzene rings is 1. The molecule has 0 unspecified atom stereocenters. The van der Waals surface area contributed by atoms with Crippen molar-refractivity contribution in [3.05, 3.63) is 78.0 Å². The third-order valence-electron chi connectivity index (χ3n) is 5.62. The smallest absolute Gasteiger partial charge is 0.259 e. The molecule has 33 heavy (non-hydrogen) atoms. The predicted molar refractivity (Wildman–Crippen MR) is 119 cm³/mol. The van der Waals surface area contributed by atoms with E-state index in [4.69, 9.17) is 4.52 Å². The van der Waals surface area contributed by atoms with Gasteiger partial charge in [-0.1, -0.05) is 17.3 Å². The summed E-state index contributed by atoms with van der Waals surface area (Å²) >= 11 is 0. The summed E-state index contributed by atoms with van der Waals surface area (Å²) in [6, 6.07) is 13.3. The summed E-state index contributed by atoms with van der Waals surface area (Å²) in [4.78, 5) is 21.9. The zero-order chi connectivity index (χ0) is 22.4. The van der Waals surface area contributed by atoms with Gasteiger partial charge in [-0.2, -0.15) is 5.10 Å². The number of carbonyl (C=O) groups excluding carboxylic acids is 1. The highest BCUT2D eigenvalue weighted by Crippen LogP contribution is 2.43. The van der Waals surface area contributed by atoms with Gasteiger partial charge < -0.3 is 9.84 Å². The van der Waals surface area contributed by atoms with Crippen LogP contribution in [0.3, 0.4) is 0 Å². The number of aromatic nitrogens is 5. The number of H-pyrrole nitrogens is 1. The largest absolute Gasteiger partial charge is 0.335 e. The fourth-order valence-electron chi connectivity index (χ4n) is 3.83. The first-order valence-corrected chi connectivity index (χ1v) is 10.5. The molecule has 1 aliphatic rings. The van der Waals surface area contributed by atoms with E-state index < -0.39 is 11.7 Å². The monoisotopic (exact) mass is 440 g/mol. The van der Waals surface area contributed by atoms with Crippen LogP contribution in [0.2, 0.25) is 0 Å². The van der Waals surface area contributed by atoms with Crippen molar-refractivity contribution in [3.63, 3.8) is 0 Å². The molecule has 0 saturated heterocycles. The Labute approximate surface area is 186 Å². The maximum absolute atomic E-state index is 14.5. The minimum atomic E-state index is -0.439. The van der Waals surface area contributed by atoms with Gasteiger partial charge in [-0.3, -0.25) is 14.9 Å². The van der Waals surface area contributed by atoms with Gasteiger partial charge in [-0.05, 0) is 43.2 Å². The molecule has 1 fully saturated rings. The topological polar surface area (TPSA) is 110 Å². The summed E-state index contributed by atoms with van der Waals surface area (Å²) in [7, 11) is 0. The Balaban J connectivity index is 1.41. The lowest BCUT2D eigenvalue weighted by Crippen LogP contribution is -2.13. The number of hydrogen-bond acceptors (Lipinski definition) is 6. The number of hydrogen-bond donors (Lipinski definition) is 2. The van der Waals surface area contributed by atoms with Gasteiger partial charge in [-0.25, -0.2) is 9.37 Å². The third-order valence-corrected chi connectivity index (χ3v) is 5.62. The van der Waals surface area contributed by atoms with E-state index in [-0.39, 0.29) is 17.2 Å². The van der Waals surface area contributed by atoms with Crippen LogP contribution in [0.1, 0.15) is 34.8 Å². The summed E-state index contributed by atoms with van der Waals surface area (Å²) < 4.78 is 19.9. The predicted octanol–water partition coefficient (Wildman–Crippen LogP) is 4.94. The van der Waals surface area contributed by atoms with E-state index in [0.717, 1.165) is 18.4 Å². The Bertz CT molecular complexity index is 1490. The standard InChI is InChI=1S/C24H17FN6O2/c25-17-6-2-1-5-15(17)19-10-16(21-22(13-7-8-13)31-33-24(21)27-19)23(32)28-20-11-18(29-30-20)14-4-3-9-26-12-14/h1-6,9-13H,7-8H2,(H2,28,29,30,32). The molecule has 1 aromatic carbocycles. The van der Waals surface area contributed by atoms with E-state index in [0.29, 0.717) is 33.8 Å². The van der Waals surface area contributed by atoms with Gasteiger partial charge in [0.05, 0.1) is 28.0 Å². The first-order chi connectivity index (χ1) is 16.2. The molecule has 0 radical (unpaired) electrons. The normalized spacial score (nSPS) is 13.4. The third kappa shape index (κ3) is 3.53. The second-order valence-electron chi connectivity index (χ2n) is 7.92. The zero-order valence-electron chi connectivity index (χ0n) is 17.2. The van der Waals surface area contributed by atoms with Crippen LogP contribution in [0, 0.1) is 5.82 Å². The van der Waals surface area contributed by atoms with Gasteiger partial charge in [-0.15, -0.1) is 0 Å². The van der Waals surface area contributed by atoms with E-state index in [2.05, 4.69) is 30.6 Å². The van der Waals surface area contributed by atoms with Crippen LogP contribution in [0.25, 0.3) is 33.6 Å². The first kappa shape index (κ1) is 19.3. The fraction of sp³-hybridized carbons (Fsp3) is 0.125. The maximum Gasteiger partial charge on any atom is 0.259 e. The van der Waals surface area contributed by atoms with E-state index in [1.807, 2.05) is 12.1 Å². The van der Waals surface area contributed by atoms with Gasteiger partial charge in [0.1, 0.15) is 5.82 Å². The second-order valence-corrected chi connectivity index (χ2v) is 7.92. The van der Waals surface area contributed by atoms with Crippen molar-refractivity contribution in [2.75, 3.05) is 5.32 Å². The highest BCUT2D eigenvalue weighted by atomic mass is 19.1. The number of amides is 1. The molecular weight excluding hydrogens is 423 g/mol. The molecule has 5 aromatic rings. The minimum Gasteiger partial charge on any atom is -0.335 e. The van der Waals surface area contributed by atoms with E-state index in [1.54, 1.807) is 42.7 Å². The number of rotatable bonds is 5. The summed E-state index contributed by atoms with van der Waals surface area (Å²) in [6.45, 7) is 0. The number of nitrogens with one attached hydrogen (secondary N) is 2. The Hall–Kier alpha value is -4.40. The lowest BCUT2D eigenvalue weighted by atomic mass is 10.0. The van der Waals surface area contributed by atoms with Crippen LogP contribution in [-0.2, 0) is 0 Å². The maximum atomic E-state index is 14.5. The lowest BCUT2D eigenvalue weighted by Gasteiger charge is -2.08. The van der Waals surface area contributed by atoms with Crippen LogP contribution in [0.5, 0.6) is 0 Å². The first-order valence-electron chi connectivity index (χ1n) is 10.5. The summed E-state index contributed by atoms with van der Waals surface area (Å²) in [6.07, 6.45) is 5.34. The Morgan fingerprint density at radius 1 is 1.15 bits per heavy atom. The van der Waals surface area contributed by atoms with Crippen LogP contribution in [0.15, 0.2) is 65.4 Å². The van der Waals surface area contributed by atoms with Gasteiger partial charge in [0.2, 0.25) is 0 Å². The van der Waals surface area contributed by atoms with Crippen molar-refractivity contribution in [1.82, 2.24) is 25.3 Å². The molecule has 0 bridgehead atoms. The molecule has 8 nitrogen and oxygen atoms in total. The molecule has 0 atom stereocenters. The van der Waals surface area contributed by atoms with Crippen molar-refractivity contribution in [3.8, 4) is 22.5 Å². The highest BCUT2D eigenvalue weighted by molar-refractivity contribution is 6.13. The fourth-order valence-corrected chi connectivity index (χ4v) is 3.83. The molecule has 6 rings (SSSR count). The van der Waals surface area contributed by atoms with Gasteiger partial charge in [0, 0.05) is 35.5 Å². The van der Waals surface area contributed by atoms with Crippen molar-refractivity contribution < 1.29 is 13.7 Å². The molecule has 1 aliphatic carbocycles. The minimum absolute atomic E-state index is 0.209. The van der Waals surface area contributed by atoms with E-state index in [1.165, 1.54) is 6.07 Å². The molecule has 0 spiro atoms. The molecule has 4 heterocycles. The van der Waals surface area contributed by atoms with E-state index >= 15 is 0 Å². The summed E-state index contributed by atoms with van der Waals surface area (Å²) in [5.74, 6) is -0.262.